The highest BCUT2D eigenvalue weighted by Gasteiger charge is 2.33. The van der Waals surface area contributed by atoms with Crippen molar-refractivity contribution in [1.29, 1.82) is 0 Å². The van der Waals surface area contributed by atoms with Gasteiger partial charge in [0.1, 0.15) is 18.1 Å². The summed E-state index contributed by atoms with van der Waals surface area (Å²) in [5, 5.41) is 18.9. The molecule has 8 N–H and O–H groups in total. The van der Waals surface area contributed by atoms with E-state index >= 15 is 0 Å². The van der Waals surface area contributed by atoms with Crippen LogP contribution in [0.15, 0.2) is 43.0 Å². The second-order valence-electron chi connectivity index (χ2n) is 10.9. The molecule has 0 aliphatic rings. The van der Waals surface area contributed by atoms with E-state index in [0.29, 0.717) is 12.1 Å². The van der Waals surface area contributed by atoms with Gasteiger partial charge >= 0.3 is 5.97 Å². The number of imidazole rings is 1. The number of carbonyl (C=O) groups is 4. The maximum atomic E-state index is 13.5. The number of hydrogen-bond donors (Lipinski definition) is 7. The largest absolute Gasteiger partial charge is 0.480 e. The molecule has 5 atom stereocenters. The third-order valence-electron chi connectivity index (χ3n) is 7.18. The molecule has 2 aromatic heterocycles. The standard InChI is InChI=1S/C29H41N7O5/c1-5-17(4)25(36-26(37)21(30)12-19-14-31-15-33-19)28(39)34-23(10-16(2)3)27(38)35-24(29(40)41)11-18-13-32-22-9-7-6-8-20(18)22/h6-9,13-17,21,23-25,32H,5,10-12,30H2,1-4H3,(H,31,33)(H,34,39)(H,35,38)(H,36,37)(H,40,41). The number of benzene rings is 1. The summed E-state index contributed by atoms with van der Waals surface area (Å²) in [6.07, 6.45) is 5.93. The maximum absolute atomic E-state index is 13.5. The summed E-state index contributed by atoms with van der Waals surface area (Å²) >= 11 is 0. The average Bonchev–Trinajstić information content (AvgIpc) is 3.60. The molecule has 0 radical (unpaired) electrons. The van der Waals surface area contributed by atoms with Crippen LogP contribution in [0.5, 0.6) is 0 Å². The minimum atomic E-state index is -1.21. The van der Waals surface area contributed by atoms with E-state index in [1.807, 2.05) is 52.0 Å². The topological polar surface area (TPSA) is 195 Å². The Kier molecular flexibility index (Phi) is 11.0. The predicted octanol–water partition coefficient (Wildman–Crippen LogP) is 1.63. The summed E-state index contributed by atoms with van der Waals surface area (Å²) in [5.41, 5.74) is 8.38. The molecule has 41 heavy (non-hydrogen) atoms. The van der Waals surface area contributed by atoms with Crippen LogP contribution < -0.4 is 21.7 Å². The fourth-order valence-electron chi connectivity index (χ4n) is 4.65. The van der Waals surface area contributed by atoms with Gasteiger partial charge in [0.05, 0.1) is 12.4 Å². The van der Waals surface area contributed by atoms with E-state index in [2.05, 4.69) is 30.9 Å². The second-order valence-corrected chi connectivity index (χ2v) is 10.9. The van der Waals surface area contributed by atoms with Crippen molar-refractivity contribution in [3.63, 3.8) is 0 Å². The fourth-order valence-corrected chi connectivity index (χ4v) is 4.65. The van der Waals surface area contributed by atoms with Gasteiger partial charge in [0.15, 0.2) is 0 Å². The summed E-state index contributed by atoms with van der Waals surface area (Å²) in [6.45, 7) is 7.51. The fraction of sp³-hybridized carbons (Fsp3) is 0.483. The highest BCUT2D eigenvalue weighted by atomic mass is 16.4. The molecule has 5 unspecified atom stereocenters. The SMILES string of the molecule is CCC(C)C(NC(=O)C(N)Cc1cnc[nH]1)C(=O)NC(CC(C)C)C(=O)NC(Cc1c[nH]c2ccccc12)C(=O)O. The Morgan fingerprint density at radius 2 is 1.66 bits per heavy atom. The van der Waals surface area contributed by atoms with Crippen molar-refractivity contribution >= 4 is 34.6 Å². The summed E-state index contributed by atoms with van der Waals surface area (Å²) < 4.78 is 0. The van der Waals surface area contributed by atoms with Crippen LogP contribution in [0.4, 0.5) is 0 Å². The quantitative estimate of drug-likeness (QED) is 0.145. The number of nitrogens with zero attached hydrogens (tertiary/aromatic N) is 1. The van der Waals surface area contributed by atoms with Crippen molar-refractivity contribution in [3.05, 3.63) is 54.2 Å². The second kappa shape index (κ2) is 14.4. The van der Waals surface area contributed by atoms with Gasteiger partial charge in [-0.3, -0.25) is 14.4 Å². The molecule has 12 nitrogen and oxygen atoms in total. The number of aliphatic carboxylic acids is 1. The van der Waals surface area contributed by atoms with Crippen LogP contribution >= 0.6 is 0 Å². The van der Waals surface area contributed by atoms with Gasteiger partial charge in [0, 0.05) is 41.8 Å². The van der Waals surface area contributed by atoms with E-state index in [-0.39, 0.29) is 31.1 Å². The smallest absolute Gasteiger partial charge is 0.326 e. The summed E-state index contributed by atoms with van der Waals surface area (Å²) in [7, 11) is 0. The Balaban J connectivity index is 1.72. The van der Waals surface area contributed by atoms with Crippen molar-refractivity contribution < 1.29 is 24.3 Å². The molecule has 1 aromatic carbocycles. The van der Waals surface area contributed by atoms with E-state index < -0.39 is 47.9 Å². The van der Waals surface area contributed by atoms with E-state index in [1.165, 1.54) is 6.33 Å². The third-order valence-corrected chi connectivity index (χ3v) is 7.18. The van der Waals surface area contributed by atoms with Crippen molar-refractivity contribution in [2.75, 3.05) is 0 Å². The molecule has 0 spiro atoms. The van der Waals surface area contributed by atoms with Crippen LogP contribution in [0.2, 0.25) is 0 Å². The molecule has 0 fully saturated rings. The molecule has 0 saturated carbocycles. The highest BCUT2D eigenvalue weighted by molar-refractivity contribution is 5.94. The lowest BCUT2D eigenvalue weighted by atomic mass is 9.96. The minimum Gasteiger partial charge on any atom is -0.480 e. The lowest BCUT2D eigenvalue weighted by molar-refractivity contribution is -0.142. The van der Waals surface area contributed by atoms with E-state index in [4.69, 9.17) is 5.73 Å². The van der Waals surface area contributed by atoms with Crippen molar-refractivity contribution in [2.24, 2.45) is 17.6 Å². The van der Waals surface area contributed by atoms with Gasteiger partial charge in [-0.1, -0.05) is 52.3 Å². The van der Waals surface area contributed by atoms with Gasteiger partial charge in [0.25, 0.3) is 0 Å². The Morgan fingerprint density at radius 3 is 2.29 bits per heavy atom. The summed E-state index contributed by atoms with van der Waals surface area (Å²) in [4.78, 5) is 61.8. The van der Waals surface area contributed by atoms with Gasteiger partial charge in [-0.2, -0.15) is 0 Å². The first kappa shape index (κ1) is 31.3. The molecule has 222 valence electrons. The normalized spacial score (nSPS) is 15.1. The monoisotopic (exact) mass is 567 g/mol. The van der Waals surface area contributed by atoms with Crippen molar-refractivity contribution in [3.8, 4) is 0 Å². The number of carboxylic acids is 1. The Labute approximate surface area is 239 Å². The van der Waals surface area contributed by atoms with Crippen molar-refractivity contribution in [1.82, 2.24) is 30.9 Å². The number of H-pyrrole nitrogens is 2. The van der Waals surface area contributed by atoms with Crippen LogP contribution in [0.25, 0.3) is 10.9 Å². The van der Waals surface area contributed by atoms with E-state index in [9.17, 15) is 24.3 Å². The predicted molar refractivity (Wildman–Crippen MR) is 155 cm³/mol. The van der Waals surface area contributed by atoms with Crippen LogP contribution in [-0.2, 0) is 32.0 Å². The van der Waals surface area contributed by atoms with Crippen LogP contribution in [0.3, 0.4) is 0 Å². The average molecular weight is 568 g/mol. The zero-order valence-electron chi connectivity index (χ0n) is 23.9. The van der Waals surface area contributed by atoms with Gasteiger partial charge in [-0.25, -0.2) is 9.78 Å². The number of aromatic amines is 2. The number of aromatic nitrogens is 3. The molecule has 0 aliphatic heterocycles. The number of rotatable bonds is 15. The van der Waals surface area contributed by atoms with Crippen molar-refractivity contribution in [2.45, 2.75) is 77.5 Å². The molecular weight excluding hydrogens is 526 g/mol. The maximum Gasteiger partial charge on any atom is 0.326 e. The molecule has 12 heteroatoms. The lowest BCUT2D eigenvalue weighted by Gasteiger charge is -2.28. The summed E-state index contributed by atoms with van der Waals surface area (Å²) in [5.74, 6) is -3.07. The van der Waals surface area contributed by atoms with Gasteiger partial charge in [-0.05, 0) is 29.9 Å². The number of amides is 3. The molecule has 3 rings (SSSR count). The number of nitrogens with one attached hydrogen (secondary N) is 5. The molecule has 3 amide bonds. The molecule has 0 bridgehead atoms. The van der Waals surface area contributed by atoms with Gasteiger partial charge < -0.3 is 36.8 Å². The zero-order valence-corrected chi connectivity index (χ0v) is 23.9. The Bertz CT molecular complexity index is 1320. The van der Waals surface area contributed by atoms with E-state index in [1.54, 1.807) is 12.4 Å². The molecular formula is C29H41N7O5. The third kappa shape index (κ3) is 8.65. The molecule has 3 aromatic rings. The van der Waals surface area contributed by atoms with Gasteiger partial charge in [-0.15, -0.1) is 0 Å². The van der Waals surface area contributed by atoms with Gasteiger partial charge in [0.2, 0.25) is 17.7 Å². The summed E-state index contributed by atoms with van der Waals surface area (Å²) in [6, 6.07) is 3.44. The number of nitrogens with two attached hydrogens (primary N) is 1. The first-order valence-corrected chi connectivity index (χ1v) is 13.9. The Hall–Kier alpha value is -4.19. The van der Waals surface area contributed by atoms with Crippen LogP contribution in [-0.4, -0.2) is 67.9 Å². The number of carbonyl (C=O) groups excluding carboxylic acids is 3. The molecule has 2 heterocycles. The Morgan fingerprint density at radius 1 is 0.951 bits per heavy atom. The van der Waals surface area contributed by atoms with Crippen LogP contribution in [0.1, 0.15) is 51.8 Å². The first-order chi connectivity index (χ1) is 19.5. The lowest BCUT2D eigenvalue weighted by Crippen LogP contribution is -2.59. The highest BCUT2D eigenvalue weighted by Crippen LogP contribution is 2.19. The number of hydrogen-bond acceptors (Lipinski definition) is 6. The number of fused-ring (bicyclic) bond motifs is 1. The number of carboxylic acid groups (broad SMARTS) is 1. The minimum absolute atomic E-state index is 0.0161. The van der Waals surface area contributed by atoms with Crippen LogP contribution in [0, 0.1) is 11.8 Å². The first-order valence-electron chi connectivity index (χ1n) is 13.9. The van der Waals surface area contributed by atoms with E-state index in [0.717, 1.165) is 16.5 Å². The zero-order chi connectivity index (χ0) is 30.1. The molecule has 0 aliphatic carbocycles. The molecule has 0 saturated heterocycles. The number of para-hydroxylation sites is 1.